The summed E-state index contributed by atoms with van der Waals surface area (Å²) in [5, 5.41) is 0.981. The second-order valence-electron chi connectivity index (χ2n) is 4.27. The molecular formula is C14H21BrO2. The van der Waals surface area contributed by atoms with Gasteiger partial charge in [0.1, 0.15) is 0 Å². The van der Waals surface area contributed by atoms with Gasteiger partial charge in [0, 0.05) is 11.2 Å². The van der Waals surface area contributed by atoms with E-state index >= 15 is 0 Å². The molecule has 0 aliphatic rings. The predicted octanol–water partition coefficient (Wildman–Crippen LogP) is 4.19. The van der Waals surface area contributed by atoms with E-state index in [-0.39, 0.29) is 0 Å². The third-order valence-corrected chi connectivity index (χ3v) is 3.62. The van der Waals surface area contributed by atoms with Crippen molar-refractivity contribution in [1.82, 2.24) is 0 Å². The van der Waals surface area contributed by atoms with Gasteiger partial charge >= 0.3 is 0 Å². The molecule has 0 saturated carbocycles. The number of hydrogen-bond acceptors (Lipinski definition) is 2. The number of alkyl halides is 1. The lowest BCUT2D eigenvalue weighted by atomic mass is 10.1. The first-order valence-corrected chi connectivity index (χ1v) is 7.16. The fourth-order valence-electron chi connectivity index (χ4n) is 1.71. The van der Waals surface area contributed by atoms with Crippen molar-refractivity contribution in [3.63, 3.8) is 0 Å². The van der Waals surface area contributed by atoms with Crippen LogP contribution in [0.3, 0.4) is 0 Å². The van der Waals surface area contributed by atoms with Gasteiger partial charge in [-0.3, -0.25) is 0 Å². The summed E-state index contributed by atoms with van der Waals surface area (Å²) in [7, 11) is 1.68. The molecule has 0 aliphatic heterocycles. The van der Waals surface area contributed by atoms with Crippen molar-refractivity contribution in [2.45, 2.75) is 26.7 Å². The third-order valence-electron chi connectivity index (χ3n) is 2.71. The van der Waals surface area contributed by atoms with E-state index in [0.29, 0.717) is 5.92 Å². The van der Waals surface area contributed by atoms with Gasteiger partial charge in [-0.25, -0.2) is 0 Å². The van der Waals surface area contributed by atoms with Gasteiger partial charge in [-0.2, -0.15) is 0 Å². The van der Waals surface area contributed by atoms with Crippen LogP contribution in [0.15, 0.2) is 18.2 Å². The SMILES string of the molecule is CCCC(CBr)COc1ccc(C)cc1OC. The van der Waals surface area contributed by atoms with Crippen LogP contribution in [0, 0.1) is 12.8 Å². The number of aryl methyl sites for hydroxylation is 1. The quantitative estimate of drug-likeness (QED) is 0.703. The Hall–Kier alpha value is -0.700. The highest BCUT2D eigenvalue weighted by Crippen LogP contribution is 2.28. The molecule has 2 nitrogen and oxygen atoms in total. The van der Waals surface area contributed by atoms with Crippen LogP contribution in [0.1, 0.15) is 25.3 Å². The van der Waals surface area contributed by atoms with Crippen LogP contribution in [-0.2, 0) is 0 Å². The van der Waals surface area contributed by atoms with Gasteiger partial charge in [-0.15, -0.1) is 0 Å². The van der Waals surface area contributed by atoms with Gasteiger partial charge in [0.25, 0.3) is 0 Å². The molecule has 1 aromatic rings. The van der Waals surface area contributed by atoms with Crippen molar-refractivity contribution < 1.29 is 9.47 Å². The Kier molecular flexibility index (Phi) is 6.41. The van der Waals surface area contributed by atoms with Gasteiger partial charge in [0.05, 0.1) is 13.7 Å². The zero-order chi connectivity index (χ0) is 12.7. The van der Waals surface area contributed by atoms with Crippen LogP contribution in [0.5, 0.6) is 11.5 Å². The Morgan fingerprint density at radius 2 is 2.06 bits per heavy atom. The minimum absolute atomic E-state index is 0.561. The van der Waals surface area contributed by atoms with Gasteiger partial charge in [0.2, 0.25) is 0 Å². The molecule has 0 saturated heterocycles. The number of rotatable bonds is 7. The first-order valence-electron chi connectivity index (χ1n) is 6.04. The highest BCUT2D eigenvalue weighted by Gasteiger charge is 2.09. The predicted molar refractivity (Wildman–Crippen MR) is 75.4 cm³/mol. The minimum Gasteiger partial charge on any atom is -0.493 e. The monoisotopic (exact) mass is 300 g/mol. The zero-order valence-corrected chi connectivity index (χ0v) is 12.4. The molecule has 0 heterocycles. The molecule has 0 radical (unpaired) electrons. The van der Waals surface area contributed by atoms with E-state index in [1.54, 1.807) is 7.11 Å². The molecule has 0 fully saturated rings. The molecule has 0 amide bonds. The van der Waals surface area contributed by atoms with Crippen molar-refractivity contribution in [1.29, 1.82) is 0 Å². The van der Waals surface area contributed by atoms with E-state index in [2.05, 4.69) is 22.9 Å². The molecule has 1 aromatic carbocycles. The average molecular weight is 301 g/mol. The summed E-state index contributed by atoms with van der Waals surface area (Å²) in [6.07, 6.45) is 2.37. The summed E-state index contributed by atoms with van der Waals surface area (Å²) >= 11 is 3.53. The van der Waals surface area contributed by atoms with Crippen molar-refractivity contribution in [2.24, 2.45) is 5.92 Å². The average Bonchev–Trinajstić information content (AvgIpc) is 2.35. The van der Waals surface area contributed by atoms with Crippen LogP contribution in [0.4, 0.5) is 0 Å². The molecule has 0 aromatic heterocycles. The van der Waals surface area contributed by atoms with Crippen LogP contribution in [-0.4, -0.2) is 19.0 Å². The topological polar surface area (TPSA) is 18.5 Å². The highest BCUT2D eigenvalue weighted by molar-refractivity contribution is 9.09. The lowest BCUT2D eigenvalue weighted by Gasteiger charge is -2.16. The number of benzene rings is 1. The number of ether oxygens (including phenoxy) is 2. The zero-order valence-electron chi connectivity index (χ0n) is 10.8. The van der Waals surface area contributed by atoms with E-state index in [1.165, 1.54) is 18.4 Å². The summed E-state index contributed by atoms with van der Waals surface area (Å²) < 4.78 is 11.1. The molecule has 1 atom stereocenters. The van der Waals surface area contributed by atoms with Crippen LogP contribution < -0.4 is 9.47 Å². The fourth-order valence-corrected chi connectivity index (χ4v) is 2.23. The summed E-state index contributed by atoms with van der Waals surface area (Å²) in [6.45, 7) is 4.98. The smallest absolute Gasteiger partial charge is 0.161 e. The summed E-state index contributed by atoms with van der Waals surface area (Å²) in [6, 6.07) is 6.02. The normalized spacial score (nSPS) is 12.2. The van der Waals surface area contributed by atoms with E-state index in [1.807, 2.05) is 25.1 Å². The second-order valence-corrected chi connectivity index (χ2v) is 4.92. The number of hydrogen-bond donors (Lipinski definition) is 0. The standard InChI is InChI=1S/C14H21BrO2/c1-4-5-12(9-15)10-17-13-7-6-11(2)8-14(13)16-3/h6-8,12H,4-5,9-10H2,1-3H3. The largest absolute Gasteiger partial charge is 0.493 e. The number of halogens is 1. The summed E-state index contributed by atoms with van der Waals surface area (Å²) in [4.78, 5) is 0. The van der Waals surface area contributed by atoms with E-state index < -0.39 is 0 Å². The lowest BCUT2D eigenvalue weighted by Crippen LogP contribution is -2.13. The number of methoxy groups -OCH3 is 1. The van der Waals surface area contributed by atoms with Crippen molar-refractivity contribution >= 4 is 15.9 Å². The molecule has 3 heteroatoms. The van der Waals surface area contributed by atoms with Crippen molar-refractivity contribution in [2.75, 3.05) is 19.0 Å². The highest BCUT2D eigenvalue weighted by atomic mass is 79.9. The Balaban J connectivity index is 2.61. The van der Waals surface area contributed by atoms with Crippen LogP contribution in [0.25, 0.3) is 0 Å². The maximum atomic E-state index is 5.83. The maximum Gasteiger partial charge on any atom is 0.161 e. The molecular weight excluding hydrogens is 280 g/mol. The molecule has 1 rings (SSSR count). The molecule has 0 bridgehead atoms. The third kappa shape index (κ3) is 4.58. The Labute approximate surface area is 112 Å². The van der Waals surface area contributed by atoms with E-state index in [9.17, 15) is 0 Å². The van der Waals surface area contributed by atoms with E-state index in [4.69, 9.17) is 9.47 Å². The van der Waals surface area contributed by atoms with Crippen LogP contribution >= 0.6 is 15.9 Å². The van der Waals surface area contributed by atoms with Gasteiger partial charge in [-0.1, -0.05) is 35.3 Å². The molecule has 17 heavy (non-hydrogen) atoms. The molecule has 0 spiro atoms. The van der Waals surface area contributed by atoms with Crippen LogP contribution in [0.2, 0.25) is 0 Å². The first-order chi connectivity index (χ1) is 8.21. The molecule has 0 aliphatic carbocycles. The van der Waals surface area contributed by atoms with E-state index in [0.717, 1.165) is 23.4 Å². The Morgan fingerprint density at radius 3 is 2.65 bits per heavy atom. The Bertz CT molecular complexity index is 339. The molecule has 0 N–H and O–H groups in total. The van der Waals surface area contributed by atoms with Crippen molar-refractivity contribution in [3.8, 4) is 11.5 Å². The first kappa shape index (κ1) is 14.4. The summed E-state index contributed by atoms with van der Waals surface area (Å²) in [5.41, 5.74) is 1.18. The lowest BCUT2D eigenvalue weighted by molar-refractivity contribution is 0.243. The summed E-state index contributed by atoms with van der Waals surface area (Å²) in [5.74, 6) is 2.21. The maximum absolute atomic E-state index is 5.83. The van der Waals surface area contributed by atoms with Gasteiger partial charge in [0.15, 0.2) is 11.5 Å². The minimum atomic E-state index is 0.561. The second kappa shape index (κ2) is 7.59. The molecule has 1 unspecified atom stereocenters. The fraction of sp³-hybridized carbons (Fsp3) is 0.571. The van der Waals surface area contributed by atoms with Gasteiger partial charge in [-0.05, 0) is 31.0 Å². The molecule has 96 valence electrons. The van der Waals surface area contributed by atoms with Crippen molar-refractivity contribution in [3.05, 3.63) is 23.8 Å². The Morgan fingerprint density at radius 1 is 1.29 bits per heavy atom. The van der Waals surface area contributed by atoms with Gasteiger partial charge < -0.3 is 9.47 Å².